The summed E-state index contributed by atoms with van der Waals surface area (Å²) in [6.45, 7) is 0.889. The molecule has 0 aliphatic carbocycles. The smallest absolute Gasteiger partial charge is 0.260 e. The van der Waals surface area contributed by atoms with E-state index < -0.39 is 11.6 Å². The zero-order valence-electron chi connectivity index (χ0n) is 12.5. The van der Waals surface area contributed by atoms with Gasteiger partial charge in [-0.3, -0.25) is 4.79 Å². The van der Waals surface area contributed by atoms with Crippen LogP contribution in [0.5, 0.6) is 5.75 Å². The van der Waals surface area contributed by atoms with E-state index in [9.17, 15) is 13.6 Å². The molecule has 2 heterocycles. The number of carbonyl (C=O) groups excluding carboxylic acids is 1. The van der Waals surface area contributed by atoms with Crippen molar-refractivity contribution in [3.63, 3.8) is 0 Å². The summed E-state index contributed by atoms with van der Waals surface area (Å²) in [4.78, 5) is 17.9. The Morgan fingerprint density at radius 1 is 1.39 bits per heavy atom. The second-order valence-corrected chi connectivity index (χ2v) is 5.51. The minimum Gasteiger partial charge on any atom is -0.481 e. The van der Waals surface area contributed by atoms with Gasteiger partial charge in [0.05, 0.1) is 12.4 Å². The standard InChI is InChI=1S/C16H17F2N3O2/c17-12-3-4-14(18)15(8-12)23-10-16(22)20-6-1-2-13(9-20)21-7-5-19-11-21/h3-5,7-8,11,13H,1-2,6,9-10H2/t13-/m0/s1. The number of ether oxygens (including phenoxy) is 1. The number of benzene rings is 1. The molecule has 5 nitrogen and oxygen atoms in total. The quantitative estimate of drug-likeness (QED) is 0.869. The second-order valence-electron chi connectivity index (χ2n) is 5.51. The highest BCUT2D eigenvalue weighted by Crippen LogP contribution is 2.22. The largest absolute Gasteiger partial charge is 0.481 e. The van der Waals surface area contributed by atoms with Crippen molar-refractivity contribution in [2.75, 3.05) is 19.7 Å². The van der Waals surface area contributed by atoms with Crippen LogP contribution < -0.4 is 4.74 Å². The monoisotopic (exact) mass is 321 g/mol. The maximum Gasteiger partial charge on any atom is 0.260 e. The first kappa shape index (κ1) is 15.5. The van der Waals surface area contributed by atoms with E-state index in [1.165, 1.54) is 0 Å². The lowest BCUT2D eigenvalue weighted by Crippen LogP contribution is -2.42. The SMILES string of the molecule is O=C(COc1cc(F)ccc1F)N1CCC[C@H](n2ccnc2)C1. The number of rotatable bonds is 4. The fraction of sp³-hybridized carbons (Fsp3) is 0.375. The third kappa shape index (κ3) is 3.67. The van der Waals surface area contributed by atoms with Crippen LogP contribution in [0.1, 0.15) is 18.9 Å². The zero-order valence-corrected chi connectivity index (χ0v) is 12.5. The summed E-state index contributed by atoms with van der Waals surface area (Å²) in [5.41, 5.74) is 0. The van der Waals surface area contributed by atoms with Gasteiger partial charge >= 0.3 is 0 Å². The lowest BCUT2D eigenvalue weighted by molar-refractivity contribution is -0.135. The highest BCUT2D eigenvalue weighted by Gasteiger charge is 2.24. The topological polar surface area (TPSA) is 47.4 Å². The summed E-state index contributed by atoms with van der Waals surface area (Å²) in [5.74, 6) is -1.78. The molecule has 122 valence electrons. The molecule has 1 saturated heterocycles. The molecular formula is C16H17F2N3O2. The number of hydrogen-bond acceptors (Lipinski definition) is 3. The molecule has 1 aliphatic rings. The van der Waals surface area contributed by atoms with Crippen molar-refractivity contribution in [1.82, 2.24) is 14.5 Å². The molecule has 2 aromatic rings. The number of aromatic nitrogens is 2. The lowest BCUT2D eigenvalue weighted by Gasteiger charge is -2.33. The summed E-state index contributed by atoms with van der Waals surface area (Å²) in [6, 6.07) is 3.10. The first-order valence-electron chi connectivity index (χ1n) is 7.46. The van der Waals surface area contributed by atoms with Gasteiger partial charge in [0.15, 0.2) is 18.2 Å². The Bertz CT molecular complexity index is 676. The number of carbonyl (C=O) groups is 1. The van der Waals surface area contributed by atoms with Gasteiger partial charge in [0.2, 0.25) is 0 Å². The number of imidazole rings is 1. The van der Waals surface area contributed by atoms with E-state index in [1.807, 2.05) is 10.8 Å². The van der Waals surface area contributed by atoms with Crippen molar-refractivity contribution in [1.29, 1.82) is 0 Å². The van der Waals surface area contributed by atoms with Gasteiger partial charge in [-0.1, -0.05) is 0 Å². The normalized spacial score (nSPS) is 18.0. The number of piperidine rings is 1. The van der Waals surface area contributed by atoms with Crippen LogP contribution in [0.3, 0.4) is 0 Å². The van der Waals surface area contributed by atoms with E-state index in [-0.39, 0.29) is 24.3 Å². The van der Waals surface area contributed by atoms with Gasteiger partial charge in [0.25, 0.3) is 5.91 Å². The van der Waals surface area contributed by atoms with E-state index in [0.717, 1.165) is 31.0 Å². The molecule has 0 spiro atoms. The number of nitrogens with zero attached hydrogens (tertiary/aromatic N) is 3. The fourth-order valence-electron chi connectivity index (χ4n) is 2.73. The van der Waals surface area contributed by atoms with Gasteiger partial charge in [-0.2, -0.15) is 0 Å². The predicted octanol–water partition coefficient (Wildman–Crippen LogP) is 2.40. The number of likely N-dealkylation sites (tertiary alicyclic amines) is 1. The first-order chi connectivity index (χ1) is 11.1. The molecule has 1 aromatic carbocycles. The highest BCUT2D eigenvalue weighted by atomic mass is 19.1. The summed E-state index contributed by atoms with van der Waals surface area (Å²) < 4.78 is 33.7. The maximum absolute atomic E-state index is 13.5. The summed E-state index contributed by atoms with van der Waals surface area (Å²) >= 11 is 0. The molecule has 23 heavy (non-hydrogen) atoms. The van der Waals surface area contributed by atoms with Crippen molar-refractivity contribution in [3.05, 3.63) is 48.6 Å². The average molecular weight is 321 g/mol. The molecule has 1 fully saturated rings. The third-order valence-corrected chi connectivity index (χ3v) is 3.94. The summed E-state index contributed by atoms with van der Waals surface area (Å²) in [5, 5.41) is 0. The Kier molecular flexibility index (Phi) is 4.55. The van der Waals surface area contributed by atoms with E-state index in [0.29, 0.717) is 13.1 Å². The van der Waals surface area contributed by atoms with E-state index in [2.05, 4.69) is 4.98 Å². The van der Waals surface area contributed by atoms with Crippen molar-refractivity contribution in [2.24, 2.45) is 0 Å². The molecule has 0 saturated carbocycles. The van der Waals surface area contributed by atoms with Crippen LogP contribution in [0.25, 0.3) is 0 Å². The number of halogens is 2. The van der Waals surface area contributed by atoms with Gasteiger partial charge in [-0.15, -0.1) is 0 Å². The van der Waals surface area contributed by atoms with Crippen LogP contribution in [-0.4, -0.2) is 40.1 Å². The Hall–Kier alpha value is -2.44. The van der Waals surface area contributed by atoms with Crippen LogP contribution in [0.15, 0.2) is 36.9 Å². The number of hydrogen-bond donors (Lipinski definition) is 0. The van der Waals surface area contributed by atoms with E-state index in [1.54, 1.807) is 17.4 Å². The minimum absolute atomic E-state index is 0.182. The second kappa shape index (κ2) is 6.76. The summed E-state index contributed by atoms with van der Waals surface area (Å²) in [6.07, 6.45) is 7.16. The molecule has 1 amide bonds. The Labute approximate surface area is 132 Å². The molecule has 1 aromatic heterocycles. The van der Waals surface area contributed by atoms with E-state index >= 15 is 0 Å². The molecule has 0 radical (unpaired) electrons. The average Bonchev–Trinajstić information content (AvgIpc) is 3.10. The molecule has 0 bridgehead atoms. The highest BCUT2D eigenvalue weighted by molar-refractivity contribution is 5.77. The maximum atomic E-state index is 13.5. The van der Waals surface area contributed by atoms with Gasteiger partial charge < -0.3 is 14.2 Å². The summed E-state index contributed by atoms with van der Waals surface area (Å²) in [7, 11) is 0. The number of amides is 1. The fourth-order valence-corrected chi connectivity index (χ4v) is 2.73. The molecule has 7 heteroatoms. The molecule has 0 N–H and O–H groups in total. The van der Waals surface area contributed by atoms with Crippen molar-refractivity contribution >= 4 is 5.91 Å². The Morgan fingerprint density at radius 2 is 2.26 bits per heavy atom. The van der Waals surface area contributed by atoms with Gasteiger partial charge in [-0.05, 0) is 25.0 Å². The Balaban J connectivity index is 1.58. The molecular weight excluding hydrogens is 304 g/mol. The van der Waals surface area contributed by atoms with Crippen LogP contribution in [0, 0.1) is 11.6 Å². The Morgan fingerprint density at radius 3 is 3.04 bits per heavy atom. The van der Waals surface area contributed by atoms with Crippen LogP contribution in [0.4, 0.5) is 8.78 Å². The molecule has 1 atom stereocenters. The van der Waals surface area contributed by atoms with E-state index in [4.69, 9.17) is 4.74 Å². The van der Waals surface area contributed by atoms with Gasteiger partial charge in [0.1, 0.15) is 5.82 Å². The lowest BCUT2D eigenvalue weighted by atomic mass is 10.1. The first-order valence-corrected chi connectivity index (χ1v) is 7.46. The third-order valence-electron chi connectivity index (χ3n) is 3.94. The van der Waals surface area contributed by atoms with Gasteiger partial charge in [-0.25, -0.2) is 13.8 Å². The minimum atomic E-state index is -0.686. The molecule has 3 rings (SSSR count). The van der Waals surface area contributed by atoms with Crippen LogP contribution >= 0.6 is 0 Å². The molecule has 1 aliphatic heterocycles. The van der Waals surface area contributed by atoms with Crippen molar-refractivity contribution < 1.29 is 18.3 Å². The van der Waals surface area contributed by atoms with Gasteiger partial charge in [0, 0.05) is 31.5 Å². The van der Waals surface area contributed by atoms with Crippen molar-refractivity contribution in [2.45, 2.75) is 18.9 Å². The van der Waals surface area contributed by atoms with Crippen molar-refractivity contribution in [3.8, 4) is 5.75 Å². The van der Waals surface area contributed by atoms with Crippen LogP contribution in [0.2, 0.25) is 0 Å². The zero-order chi connectivity index (χ0) is 16.2. The molecule has 0 unspecified atom stereocenters. The predicted molar refractivity (Wildman–Crippen MR) is 78.9 cm³/mol. The van der Waals surface area contributed by atoms with Crippen LogP contribution in [-0.2, 0) is 4.79 Å².